The van der Waals surface area contributed by atoms with Crippen LogP contribution in [0.4, 0.5) is 4.39 Å². The van der Waals surface area contributed by atoms with Crippen LogP contribution in [0, 0.1) is 23.6 Å². The van der Waals surface area contributed by atoms with Crippen molar-refractivity contribution < 1.29 is 14.0 Å². The highest BCUT2D eigenvalue weighted by atomic mass is 19.1. The van der Waals surface area contributed by atoms with Gasteiger partial charge in [-0.3, -0.25) is 9.59 Å². The van der Waals surface area contributed by atoms with Crippen molar-refractivity contribution in [1.29, 1.82) is 0 Å². The van der Waals surface area contributed by atoms with E-state index in [1.165, 1.54) is 36.8 Å². The van der Waals surface area contributed by atoms with Crippen molar-refractivity contribution >= 4 is 11.6 Å². The molecule has 3 rings (SSSR count). The van der Waals surface area contributed by atoms with E-state index in [0.717, 1.165) is 38.5 Å². The number of rotatable bonds is 9. The van der Waals surface area contributed by atoms with Crippen LogP contribution in [0.15, 0.2) is 18.2 Å². The molecule has 3 unspecified atom stereocenters. The van der Waals surface area contributed by atoms with E-state index in [1.54, 1.807) is 19.1 Å². The Labute approximate surface area is 169 Å². The topological polar surface area (TPSA) is 34.1 Å². The summed E-state index contributed by atoms with van der Waals surface area (Å²) in [5.74, 6) is 0.830. The summed E-state index contributed by atoms with van der Waals surface area (Å²) in [6.07, 6.45) is 11.1. The van der Waals surface area contributed by atoms with E-state index < -0.39 is 5.92 Å². The largest absolute Gasteiger partial charge is 0.299 e. The fraction of sp³-hybridized carbons (Fsp3) is 0.680. The molecule has 2 saturated carbocycles. The van der Waals surface area contributed by atoms with Crippen LogP contribution >= 0.6 is 0 Å². The van der Waals surface area contributed by atoms with E-state index in [9.17, 15) is 14.0 Å². The van der Waals surface area contributed by atoms with E-state index in [-0.39, 0.29) is 23.3 Å². The molecule has 2 fully saturated rings. The maximum Gasteiger partial charge on any atom is 0.146 e. The number of aryl methyl sites for hydroxylation is 1. The molecule has 2 aliphatic rings. The monoisotopic (exact) mass is 386 g/mol. The molecule has 3 heteroatoms. The molecule has 3 atom stereocenters. The van der Waals surface area contributed by atoms with Crippen LogP contribution < -0.4 is 0 Å². The van der Waals surface area contributed by atoms with Crippen LogP contribution in [0.5, 0.6) is 0 Å². The molecule has 0 radical (unpaired) electrons. The third-order valence-corrected chi connectivity index (χ3v) is 7.07. The summed E-state index contributed by atoms with van der Waals surface area (Å²) < 4.78 is 13.8. The Morgan fingerprint density at radius 2 is 1.89 bits per heavy atom. The molecular weight excluding hydrogens is 351 g/mol. The van der Waals surface area contributed by atoms with Gasteiger partial charge in [-0.2, -0.15) is 0 Å². The maximum atomic E-state index is 13.8. The van der Waals surface area contributed by atoms with Crippen molar-refractivity contribution in [3.8, 4) is 0 Å². The zero-order valence-electron chi connectivity index (χ0n) is 17.5. The predicted octanol–water partition coefficient (Wildman–Crippen LogP) is 6.41. The van der Waals surface area contributed by atoms with Gasteiger partial charge in [-0.1, -0.05) is 25.8 Å². The number of benzene rings is 1. The van der Waals surface area contributed by atoms with Crippen molar-refractivity contribution in [3.05, 3.63) is 35.1 Å². The van der Waals surface area contributed by atoms with Crippen LogP contribution in [0.3, 0.4) is 0 Å². The summed E-state index contributed by atoms with van der Waals surface area (Å²) >= 11 is 0. The van der Waals surface area contributed by atoms with Crippen molar-refractivity contribution in [2.24, 2.45) is 17.8 Å². The average Bonchev–Trinajstić information content (AvgIpc) is 3.38. The maximum absolute atomic E-state index is 13.8. The van der Waals surface area contributed by atoms with Crippen LogP contribution in [0.1, 0.15) is 95.1 Å². The van der Waals surface area contributed by atoms with Gasteiger partial charge in [-0.15, -0.1) is 0 Å². The van der Waals surface area contributed by atoms with Gasteiger partial charge < -0.3 is 0 Å². The van der Waals surface area contributed by atoms with E-state index in [4.69, 9.17) is 0 Å². The van der Waals surface area contributed by atoms with Gasteiger partial charge >= 0.3 is 0 Å². The van der Waals surface area contributed by atoms with Crippen molar-refractivity contribution in [2.45, 2.75) is 90.4 Å². The third-order valence-electron chi connectivity index (χ3n) is 7.07. The second kappa shape index (κ2) is 9.80. The van der Waals surface area contributed by atoms with Crippen molar-refractivity contribution in [2.75, 3.05) is 0 Å². The number of hydrogen-bond donors (Lipinski definition) is 0. The van der Waals surface area contributed by atoms with Crippen molar-refractivity contribution in [3.63, 3.8) is 0 Å². The van der Waals surface area contributed by atoms with Gasteiger partial charge in [0, 0.05) is 12.3 Å². The lowest BCUT2D eigenvalue weighted by molar-refractivity contribution is -0.134. The summed E-state index contributed by atoms with van der Waals surface area (Å²) in [6, 6.07) is 5.33. The zero-order chi connectivity index (χ0) is 20.1. The van der Waals surface area contributed by atoms with Crippen LogP contribution in [-0.2, 0) is 16.0 Å². The number of carbonyl (C=O) groups is 2. The molecule has 0 aliphatic heterocycles. The summed E-state index contributed by atoms with van der Waals surface area (Å²) in [5.41, 5.74) is 2.52. The van der Waals surface area contributed by atoms with Gasteiger partial charge in [0.1, 0.15) is 17.4 Å². The van der Waals surface area contributed by atoms with Crippen LogP contribution in [-0.4, -0.2) is 11.6 Å². The standard InChI is InChI=1S/C25H35FO2/c1-3-6-24(27)17(2)25(28)21-12-10-18(15-21)9-11-20-13-14-22(26)16-23(20)19-7-4-5-8-19/h13-14,16-19,21H,3-12,15H2,1-2H3. The Hall–Kier alpha value is -1.51. The van der Waals surface area contributed by atoms with Crippen molar-refractivity contribution in [1.82, 2.24) is 0 Å². The molecule has 0 N–H and O–H groups in total. The summed E-state index contributed by atoms with van der Waals surface area (Å²) in [4.78, 5) is 24.8. The fourth-order valence-electron chi connectivity index (χ4n) is 5.34. The molecule has 1 aromatic carbocycles. The molecule has 2 aliphatic carbocycles. The van der Waals surface area contributed by atoms with Gasteiger partial charge in [0.05, 0.1) is 5.92 Å². The quantitative estimate of drug-likeness (QED) is 0.460. The Balaban J connectivity index is 1.55. The minimum absolute atomic E-state index is 0.0586. The molecule has 0 bridgehead atoms. The van der Waals surface area contributed by atoms with Crippen LogP contribution in [0.25, 0.3) is 0 Å². The molecule has 0 saturated heterocycles. The van der Waals surface area contributed by atoms with E-state index >= 15 is 0 Å². The van der Waals surface area contributed by atoms with Gasteiger partial charge in [-0.25, -0.2) is 4.39 Å². The zero-order valence-corrected chi connectivity index (χ0v) is 17.5. The number of halogens is 1. The van der Waals surface area contributed by atoms with Gasteiger partial charge in [-0.05, 0) is 93.4 Å². The lowest BCUT2D eigenvalue weighted by atomic mass is 9.86. The summed E-state index contributed by atoms with van der Waals surface area (Å²) in [5, 5.41) is 0. The van der Waals surface area contributed by atoms with Gasteiger partial charge in [0.2, 0.25) is 0 Å². The second-order valence-corrected chi connectivity index (χ2v) is 9.08. The molecule has 0 aromatic heterocycles. The molecule has 0 spiro atoms. The Morgan fingerprint density at radius 3 is 2.61 bits per heavy atom. The lowest BCUT2D eigenvalue weighted by Gasteiger charge is -2.18. The van der Waals surface area contributed by atoms with E-state index in [0.29, 0.717) is 18.3 Å². The second-order valence-electron chi connectivity index (χ2n) is 9.08. The molecule has 154 valence electrons. The minimum Gasteiger partial charge on any atom is -0.299 e. The molecule has 2 nitrogen and oxygen atoms in total. The molecule has 1 aromatic rings. The lowest BCUT2D eigenvalue weighted by Crippen LogP contribution is -2.26. The first kappa shape index (κ1) is 21.2. The third kappa shape index (κ3) is 5.10. The Bertz CT molecular complexity index is 690. The SMILES string of the molecule is CCCC(=O)C(C)C(=O)C1CCC(CCc2ccc(F)cc2C2CCCC2)C1. The molecule has 0 heterocycles. The predicted molar refractivity (Wildman–Crippen MR) is 111 cm³/mol. The Kier molecular flexibility index (Phi) is 7.42. The average molecular weight is 387 g/mol. The molecule has 28 heavy (non-hydrogen) atoms. The Morgan fingerprint density at radius 1 is 1.14 bits per heavy atom. The molecular formula is C25H35FO2. The van der Waals surface area contributed by atoms with E-state index in [2.05, 4.69) is 0 Å². The van der Waals surface area contributed by atoms with Gasteiger partial charge in [0.25, 0.3) is 0 Å². The first-order valence-corrected chi connectivity index (χ1v) is 11.3. The molecule has 0 amide bonds. The van der Waals surface area contributed by atoms with Crippen LogP contribution in [0.2, 0.25) is 0 Å². The first-order valence-electron chi connectivity index (χ1n) is 11.3. The number of Topliss-reactive ketones (excluding diaryl/α,β-unsaturated/α-hetero) is 2. The minimum atomic E-state index is -0.435. The highest BCUT2D eigenvalue weighted by Gasteiger charge is 2.34. The highest BCUT2D eigenvalue weighted by Crippen LogP contribution is 2.39. The summed E-state index contributed by atoms with van der Waals surface area (Å²) in [6.45, 7) is 3.77. The fourth-order valence-corrected chi connectivity index (χ4v) is 5.34. The number of ketones is 2. The summed E-state index contributed by atoms with van der Waals surface area (Å²) in [7, 11) is 0. The van der Waals surface area contributed by atoms with Gasteiger partial charge in [0.15, 0.2) is 0 Å². The first-order chi connectivity index (χ1) is 13.5. The normalized spacial score (nSPS) is 23.8. The smallest absolute Gasteiger partial charge is 0.146 e. The number of carbonyl (C=O) groups excluding carboxylic acids is 2. The number of hydrogen-bond acceptors (Lipinski definition) is 2. The van der Waals surface area contributed by atoms with E-state index in [1.807, 2.05) is 13.0 Å². The highest BCUT2D eigenvalue weighted by molar-refractivity contribution is 6.03.